The lowest BCUT2D eigenvalue weighted by Gasteiger charge is -2.65. The minimum atomic E-state index is -0.206. The lowest BCUT2D eigenvalue weighted by Crippen LogP contribution is -2.63. The highest BCUT2D eigenvalue weighted by Gasteiger charge is 2.65. The van der Waals surface area contributed by atoms with Crippen LogP contribution in [0.3, 0.4) is 0 Å². The van der Waals surface area contributed by atoms with E-state index in [1.54, 1.807) is 13.0 Å². The third-order valence-electron chi connectivity index (χ3n) is 11.4. The van der Waals surface area contributed by atoms with Crippen LogP contribution >= 0.6 is 0 Å². The number of nitrogens with zero attached hydrogens (tertiary/aromatic N) is 1. The Bertz CT molecular complexity index is 816. The molecule has 190 valence electrons. The number of carbonyl (C=O) groups is 1. The summed E-state index contributed by atoms with van der Waals surface area (Å²) in [4.78, 5) is 12.4. The van der Waals surface area contributed by atoms with Crippen LogP contribution in [0.4, 0.5) is 0 Å². The summed E-state index contributed by atoms with van der Waals surface area (Å²) in [5.41, 5.74) is 0.544. The molecule has 4 saturated carbocycles. The quantitative estimate of drug-likeness (QED) is 0.348. The van der Waals surface area contributed by atoms with Gasteiger partial charge < -0.3 is 9.84 Å². The summed E-state index contributed by atoms with van der Waals surface area (Å²) in [5, 5.41) is 19.4. The fourth-order valence-electron chi connectivity index (χ4n) is 9.95. The summed E-state index contributed by atoms with van der Waals surface area (Å²) in [6.07, 6.45) is 14.5. The lowest BCUT2D eigenvalue weighted by atomic mass is 9.41. The van der Waals surface area contributed by atoms with E-state index in [0.29, 0.717) is 46.8 Å². The van der Waals surface area contributed by atoms with Gasteiger partial charge in [0.05, 0.1) is 12.2 Å². The fraction of sp³-hybridized carbons (Fsp3) is 0.867. The first kappa shape index (κ1) is 25.7. The van der Waals surface area contributed by atoms with Crippen molar-refractivity contribution < 1.29 is 14.6 Å². The maximum atomic E-state index is 12.4. The first-order valence-electron chi connectivity index (χ1n) is 14.1. The van der Waals surface area contributed by atoms with Gasteiger partial charge in [-0.2, -0.15) is 5.26 Å². The third-order valence-corrected chi connectivity index (χ3v) is 11.4. The van der Waals surface area contributed by atoms with Crippen molar-refractivity contribution >= 4 is 5.97 Å². The number of esters is 1. The van der Waals surface area contributed by atoms with E-state index in [1.807, 2.05) is 6.08 Å². The molecule has 1 N–H and O–H groups in total. The molecular weight excluding hydrogens is 422 g/mol. The Balaban J connectivity index is 1.65. The highest BCUT2D eigenvalue weighted by atomic mass is 16.5. The van der Waals surface area contributed by atoms with Crippen LogP contribution in [-0.2, 0) is 9.53 Å². The summed E-state index contributed by atoms with van der Waals surface area (Å²) in [6.45, 7) is 11.3. The van der Waals surface area contributed by atoms with Crippen LogP contribution in [0.5, 0.6) is 0 Å². The van der Waals surface area contributed by atoms with Crippen LogP contribution < -0.4 is 0 Å². The zero-order valence-corrected chi connectivity index (χ0v) is 22.1. The second-order valence-electron chi connectivity index (χ2n) is 12.8. The highest BCUT2D eigenvalue weighted by molar-refractivity contribution is 5.66. The van der Waals surface area contributed by atoms with Crippen LogP contribution in [0.25, 0.3) is 0 Å². The van der Waals surface area contributed by atoms with Gasteiger partial charge in [-0.25, -0.2) is 0 Å². The maximum Gasteiger partial charge on any atom is 0.302 e. The molecule has 0 aromatic heterocycles. The SMILES string of the molecule is CC[C@H]1[C@@H](OC(C)=O)[C@@H]2[C@H](CC[C@]3(C)[C@@H]([C@H](C)CC/C=C/C#N)CC[C@@H]23)[C@@]2(C)CC[C@@H](O)C[C@@H]12. The Morgan fingerprint density at radius 2 is 1.85 bits per heavy atom. The molecule has 0 heterocycles. The molecule has 4 heteroatoms. The maximum absolute atomic E-state index is 12.4. The van der Waals surface area contributed by atoms with E-state index in [4.69, 9.17) is 10.00 Å². The van der Waals surface area contributed by atoms with E-state index >= 15 is 0 Å². The van der Waals surface area contributed by atoms with Gasteiger partial charge >= 0.3 is 5.97 Å². The molecule has 0 aromatic carbocycles. The molecule has 0 aromatic rings. The number of fused-ring (bicyclic) bond motifs is 5. The number of hydrogen-bond donors (Lipinski definition) is 1. The topological polar surface area (TPSA) is 70.3 Å². The number of aliphatic hydroxyl groups is 1. The predicted molar refractivity (Wildman–Crippen MR) is 134 cm³/mol. The molecule has 0 amide bonds. The van der Waals surface area contributed by atoms with Gasteiger partial charge in [-0.05, 0) is 111 Å². The summed E-state index contributed by atoms with van der Waals surface area (Å²) in [5.74, 6) is 3.63. The normalized spacial score (nSPS) is 46.7. The Morgan fingerprint density at radius 3 is 2.53 bits per heavy atom. The van der Waals surface area contributed by atoms with Crippen LogP contribution in [0, 0.1) is 63.6 Å². The summed E-state index contributed by atoms with van der Waals surface area (Å²) in [6, 6.07) is 2.12. The zero-order valence-electron chi connectivity index (χ0n) is 22.1. The summed E-state index contributed by atoms with van der Waals surface area (Å²) in [7, 11) is 0. The molecule has 0 saturated heterocycles. The smallest absolute Gasteiger partial charge is 0.302 e. The van der Waals surface area contributed by atoms with E-state index < -0.39 is 0 Å². The van der Waals surface area contributed by atoms with E-state index in [9.17, 15) is 9.90 Å². The molecule has 34 heavy (non-hydrogen) atoms. The molecular formula is C30H47NO3. The van der Waals surface area contributed by atoms with Gasteiger partial charge in [-0.15, -0.1) is 0 Å². The van der Waals surface area contributed by atoms with Crippen molar-refractivity contribution in [3.63, 3.8) is 0 Å². The van der Waals surface area contributed by atoms with Gasteiger partial charge in [0.15, 0.2) is 0 Å². The molecule has 4 aliphatic rings. The minimum absolute atomic E-state index is 0.00637. The van der Waals surface area contributed by atoms with Crippen molar-refractivity contribution in [3.05, 3.63) is 12.2 Å². The number of rotatable bonds is 6. The van der Waals surface area contributed by atoms with Gasteiger partial charge in [0.25, 0.3) is 0 Å². The molecule has 4 aliphatic carbocycles. The van der Waals surface area contributed by atoms with Crippen molar-refractivity contribution in [2.45, 2.75) is 111 Å². The van der Waals surface area contributed by atoms with Gasteiger partial charge in [0.1, 0.15) is 6.10 Å². The largest absolute Gasteiger partial charge is 0.462 e. The van der Waals surface area contributed by atoms with E-state index in [0.717, 1.165) is 38.5 Å². The number of allylic oxidation sites excluding steroid dienone is 2. The number of ether oxygens (including phenoxy) is 1. The third kappa shape index (κ3) is 4.25. The van der Waals surface area contributed by atoms with Crippen molar-refractivity contribution in [1.29, 1.82) is 5.26 Å². The standard InChI is InChI=1S/C30H47NO3/c1-6-22-26-18-21(33)13-15-30(26,5)25-14-16-29(4)23(19(2)10-8-7-9-17-31)11-12-24(29)27(25)28(22)34-20(3)32/h7,9,19,21-28,33H,6,8,10-16,18H2,1-5H3/b9-7+/t19-,21-,22-,23-,24+,25+,26+,27+,28-,29-,30-/m1/s1. The van der Waals surface area contributed by atoms with E-state index in [1.165, 1.54) is 25.7 Å². The molecule has 0 unspecified atom stereocenters. The Labute approximate surface area is 207 Å². The minimum Gasteiger partial charge on any atom is -0.462 e. The van der Waals surface area contributed by atoms with Crippen LogP contribution in [-0.4, -0.2) is 23.3 Å². The number of aliphatic hydroxyl groups excluding tert-OH is 1. The monoisotopic (exact) mass is 469 g/mol. The first-order valence-corrected chi connectivity index (χ1v) is 14.1. The molecule has 0 bridgehead atoms. The fourth-order valence-corrected chi connectivity index (χ4v) is 9.95. The molecule has 0 spiro atoms. The summed E-state index contributed by atoms with van der Waals surface area (Å²) < 4.78 is 6.27. The molecule has 0 radical (unpaired) electrons. The van der Waals surface area contributed by atoms with Crippen LogP contribution in [0.1, 0.15) is 98.8 Å². The predicted octanol–water partition coefficient (Wildman–Crippen LogP) is 6.68. The van der Waals surface area contributed by atoms with Gasteiger partial charge in [0, 0.05) is 18.9 Å². The van der Waals surface area contributed by atoms with Crippen molar-refractivity contribution in [2.24, 2.45) is 52.3 Å². The van der Waals surface area contributed by atoms with Gasteiger partial charge in [-0.1, -0.05) is 33.8 Å². The number of hydrogen-bond acceptors (Lipinski definition) is 4. The molecule has 0 aliphatic heterocycles. The lowest BCUT2D eigenvalue weighted by molar-refractivity contribution is -0.217. The number of carbonyl (C=O) groups excluding carboxylic acids is 1. The Kier molecular flexibility index (Phi) is 7.54. The van der Waals surface area contributed by atoms with Crippen molar-refractivity contribution in [1.82, 2.24) is 0 Å². The van der Waals surface area contributed by atoms with E-state index in [-0.39, 0.29) is 23.6 Å². The zero-order chi connectivity index (χ0) is 24.7. The van der Waals surface area contributed by atoms with Gasteiger partial charge in [-0.3, -0.25) is 4.79 Å². The van der Waals surface area contributed by atoms with E-state index in [2.05, 4.69) is 33.8 Å². The second kappa shape index (κ2) is 9.96. The molecule has 4 nitrogen and oxygen atoms in total. The first-order chi connectivity index (χ1) is 16.2. The van der Waals surface area contributed by atoms with Crippen LogP contribution in [0.2, 0.25) is 0 Å². The van der Waals surface area contributed by atoms with Crippen molar-refractivity contribution in [2.75, 3.05) is 0 Å². The molecule has 11 atom stereocenters. The van der Waals surface area contributed by atoms with Gasteiger partial charge in [0.2, 0.25) is 0 Å². The average molecular weight is 470 g/mol. The second-order valence-corrected chi connectivity index (χ2v) is 12.8. The Hall–Kier alpha value is -1.34. The molecule has 4 rings (SSSR count). The van der Waals surface area contributed by atoms with Crippen LogP contribution in [0.15, 0.2) is 12.2 Å². The Morgan fingerprint density at radius 1 is 1.15 bits per heavy atom. The van der Waals surface area contributed by atoms with Crippen molar-refractivity contribution in [3.8, 4) is 6.07 Å². The summed E-state index contributed by atoms with van der Waals surface area (Å²) >= 11 is 0. The average Bonchev–Trinajstić information content (AvgIpc) is 3.14. The number of nitriles is 1. The molecule has 4 fully saturated rings. The highest BCUT2D eigenvalue weighted by Crippen LogP contribution is 2.70.